The van der Waals surface area contributed by atoms with Crippen molar-refractivity contribution in [2.24, 2.45) is 0 Å². The Morgan fingerprint density at radius 1 is 1.00 bits per heavy atom. The van der Waals surface area contributed by atoms with Crippen molar-refractivity contribution in [3.05, 3.63) is 47.5 Å². The Balaban J connectivity index is 0.00000120. The van der Waals surface area contributed by atoms with E-state index in [1.807, 2.05) is 0 Å². The zero-order valence-corrected chi connectivity index (χ0v) is 11.6. The van der Waals surface area contributed by atoms with E-state index in [2.05, 4.69) is 48.6 Å². The van der Waals surface area contributed by atoms with Crippen molar-refractivity contribution >= 4 is 23.2 Å². The average Bonchev–Trinajstić information content (AvgIpc) is 2.41. The molecule has 1 atom stereocenters. The van der Waals surface area contributed by atoms with Crippen LogP contribution in [0.2, 0.25) is 0 Å². The largest absolute Gasteiger partial charge is 0.310 e. The summed E-state index contributed by atoms with van der Waals surface area (Å²) in [5.41, 5.74) is 2.85. The minimum atomic E-state index is 0. The number of rotatable bonds is 1. The molecule has 1 aliphatic heterocycles. The van der Waals surface area contributed by atoms with Gasteiger partial charge in [-0.3, -0.25) is 0 Å². The molecule has 0 saturated carbocycles. The molecule has 1 heterocycles. The lowest BCUT2D eigenvalue weighted by atomic mass is 9.91. The molecule has 0 spiro atoms. The normalized spacial score (nSPS) is 19.5. The number of hydrogen-bond donors (Lipinski definition) is 1. The lowest BCUT2D eigenvalue weighted by Gasteiger charge is -2.25. The molecule has 3 rings (SSSR count). The van der Waals surface area contributed by atoms with E-state index < -0.39 is 0 Å². The summed E-state index contributed by atoms with van der Waals surface area (Å²) in [7, 11) is 0. The fourth-order valence-electron chi connectivity index (χ4n) is 2.89. The van der Waals surface area contributed by atoms with E-state index >= 15 is 0 Å². The number of benzene rings is 2. The number of aryl methyl sites for hydroxylation is 1. The van der Waals surface area contributed by atoms with Gasteiger partial charge in [-0.05, 0) is 48.2 Å². The second kappa shape index (κ2) is 5.73. The van der Waals surface area contributed by atoms with Crippen LogP contribution in [-0.2, 0) is 0 Å². The first-order valence-corrected chi connectivity index (χ1v) is 6.58. The molecule has 96 valence electrons. The molecule has 1 fully saturated rings. The van der Waals surface area contributed by atoms with Gasteiger partial charge in [0.1, 0.15) is 0 Å². The minimum Gasteiger partial charge on any atom is -0.310 e. The van der Waals surface area contributed by atoms with E-state index in [0.717, 1.165) is 6.54 Å². The first kappa shape index (κ1) is 13.4. The van der Waals surface area contributed by atoms with Gasteiger partial charge in [0.2, 0.25) is 0 Å². The van der Waals surface area contributed by atoms with Gasteiger partial charge < -0.3 is 5.32 Å². The molecule has 0 amide bonds. The molecule has 0 unspecified atom stereocenters. The molecule has 2 heteroatoms. The molecular formula is C16H20ClN. The third-order valence-corrected chi connectivity index (χ3v) is 3.86. The fourth-order valence-corrected chi connectivity index (χ4v) is 2.89. The monoisotopic (exact) mass is 261 g/mol. The molecule has 1 nitrogen and oxygen atoms in total. The molecule has 0 bridgehead atoms. The number of nitrogens with one attached hydrogen (secondary N) is 1. The molecule has 0 aromatic heterocycles. The van der Waals surface area contributed by atoms with Gasteiger partial charge in [0.15, 0.2) is 0 Å². The first-order valence-electron chi connectivity index (χ1n) is 6.58. The van der Waals surface area contributed by atoms with E-state index in [-0.39, 0.29) is 12.4 Å². The summed E-state index contributed by atoms with van der Waals surface area (Å²) < 4.78 is 0. The van der Waals surface area contributed by atoms with Crippen LogP contribution in [0.1, 0.15) is 36.4 Å². The van der Waals surface area contributed by atoms with Gasteiger partial charge in [0.25, 0.3) is 0 Å². The second-order valence-electron chi connectivity index (χ2n) is 5.02. The summed E-state index contributed by atoms with van der Waals surface area (Å²) in [6.45, 7) is 3.35. The van der Waals surface area contributed by atoms with E-state index in [0.29, 0.717) is 6.04 Å². The summed E-state index contributed by atoms with van der Waals surface area (Å²) in [6, 6.07) is 13.9. The smallest absolute Gasteiger partial charge is 0.0326 e. The Morgan fingerprint density at radius 3 is 2.50 bits per heavy atom. The van der Waals surface area contributed by atoms with Crippen molar-refractivity contribution in [2.75, 3.05) is 6.54 Å². The van der Waals surface area contributed by atoms with Gasteiger partial charge in [-0.25, -0.2) is 0 Å². The standard InChI is InChI=1S/C16H19N.ClH/c1-12-9-10-15(16-8-4-5-11-17-16)14-7-3-2-6-13(12)14;/h2-3,6-7,9-10,16-17H,4-5,8,11H2,1H3;1H/t16-;/m1./s1. The Labute approximate surface area is 115 Å². The highest BCUT2D eigenvalue weighted by Gasteiger charge is 2.16. The topological polar surface area (TPSA) is 12.0 Å². The van der Waals surface area contributed by atoms with Crippen molar-refractivity contribution in [3.8, 4) is 0 Å². The molecule has 1 N–H and O–H groups in total. The van der Waals surface area contributed by atoms with Crippen LogP contribution >= 0.6 is 12.4 Å². The molecule has 1 saturated heterocycles. The molecule has 2 aromatic carbocycles. The molecular weight excluding hydrogens is 242 g/mol. The van der Waals surface area contributed by atoms with E-state index in [4.69, 9.17) is 0 Å². The van der Waals surface area contributed by atoms with Gasteiger partial charge in [-0.1, -0.05) is 42.8 Å². The highest BCUT2D eigenvalue weighted by molar-refractivity contribution is 5.88. The van der Waals surface area contributed by atoms with Gasteiger partial charge >= 0.3 is 0 Å². The van der Waals surface area contributed by atoms with Crippen LogP contribution in [0, 0.1) is 6.92 Å². The highest BCUT2D eigenvalue weighted by Crippen LogP contribution is 2.30. The van der Waals surface area contributed by atoms with Crippen molar-refractivity contribution < 1.29 is 0 Å². The van der Waals surface area contributed by atoms with Crippen LogP contribution in [0.15, 0.2) is 36.4 Å². The Morgan fingerprint density at radius 2 is 1.78 bits per heavy atom. The van der Waals surface area contributed by atoms with Crippen LogP contribution in [-0.4, -0.2) is 6.54 Å². The van der Waals surface area contributed by atoms with Crippen molar-refractivity contribution in [1.82, 2.24) is 5.32 Å². The summed E-state index contributed by atoms with van der Waals surface area (Å²) in [4.78, 5) is 0. The Kier molecular flexibility index (Phi) is 4.26. The maximum absolute atomic E-state index is 3.65. The number of fused-ring (bicyclic) bond motifs is 1. The summed E-state index contributed by atoms with van der Waals surface area (Å²) in [5, 5.41) is 6.47. The zero-order chi connectivity index (χ0) is 11.7. The Hall–Kier alpha value is -1.05. The third-order valence-electron chi connectivity index (χ3n) is 3.86. The first-order chi connectivity index (χ1) is 8.36. The number of halogens is 1. The highest BCUT2D eigenvalue weighted by atomic mass is 35.5. The number of hydrogen-bond acceptors (Lipinski definition) is 1. The van der Waals surface area contributed by atoms with Gasteiger partial charge in [-0.2, -0.15) is 0 Å². The lowest BCUT2D eigenvalue weighted by Crippen LogP contribution is -2.26. The predicted molar refractivity (Wildman–Crippen MR) is 80.5 cm³/mol. The van der Waals surface area contributed by atoms with E-state index in [1.165, 1.54) is 41.2 Å². The summed E-state index contributed by atoms with van der Waals surface area (Å²) >= 11 is 0. The SMILES string of the molecule is Cc1ccc([C@H]2CCCCN2)c2ccccc12.Cl. The zero-order valence-electron chi connectivity index (χ0n) is 10.8. The van der Waals surface area contributed by atoms with Crippen molar-refractivity contribution in [1.29, 1.82) is 0 Å². The maximum Gasteiger partial charge on any atom is 0.0326 e. The van der Waals surface area contributed by atoms with E-state index in [1.54, 1.807) is 0 Å². The quantitative estimate of drug-likeness (QED) is 0.803. The lowest BCUT2D eigenvalue weighted by molar-refractivity contribution is 0.414. The average molecular weight is 262 g/mol. The molecule has 1 aliphatic rings. The van der Waals surface area contributed by atoms with Crippen molar-refractivity contribution in [2.45, 2.75) is 32.2 Å². The molecule has 0 aliphatic carbocycles. The summed E-state index contributed by atoms with van der Waals surface area (Å²) in [6.07, 6.45) is 3.94. The maximum atomic E-state index is 3.65. The predicted octanol–water partition coefficient (Wildman–Crippen LogP) is 4.38. The second-order valence-corrected chi connectivity index (χ2v) is 5.02. The Bertz CT molecular complexity index is 530. The van der Waals surface area contributed by atoms with Gasteiger partial charge in [-0.15, -0.1) is 12.4 Å². The van der Waals surface area contributed by atoms with Crippen LogP contribution in [0.25, 0.3) is 10.8 Å². The van der Waals surface area contributed by atoms with Gasteiger partial charge in [0, 0.05) is 6.04 Å². The fraction of sp³-hybridized carbons (Fsp3) is 0.375. The van der Waals surface area contributed by atoms with E-state index in [9.17, 15) is 0 Å². The summed E-state index contributed by atoms with van der Waals surface area (Å²) in [5.74, 6) is 0. The van der Waals surface area contributed by atoms with Crippen LogP contribution in [0.3, 0.4) is 0 Å². The van der Waals surface area contributed by atoms with Gasteiger partial charge in [0.05, 0.1) is 0 Å². The van der Waals surface area contributed by atoms with Crippen LogP contribution in [0.5, 0.6) is 0 Å². The molecule has 18 heavy (non-hydrogen) atoms. The third kappa shape index (κ3) is 2.38. The number of piperidine rings is 1. The van der Waals surface area contributed by atoms with Crippen LogP contribution in [0.4, 0.5) is 0 Å². The molecule has 0 radical (unpaired) electrons. The minimum absolute atomic E-state index is 0. The van der Waals surface area contributed by atoms with Crippen LogP contribution < -0.4 is 5.32 Å². The molecule has 2 aromatic rings. The van der Waals surface area contributed by atoms with Crippen molar-refractivity contribution in [3.63, 3.8) is 0 Å².